The normalized spacial score (nSPS) is 17.7. The fourth-order valence-electron chi connectivity index (χ4n) is 2.82. The molecule has 0 saturated heterocycles. The number of hydrogen-bond donors (Lipinski definition) is 2. The first-order chi connectivity index (χ1) is 12.3. The van der Waals surface area contributed by atoms with Crippen LogP contribution in [0.3, 0.4) is 0 Å². The van der Waals surface area contributed by atoms with Crippen molar-refractivity contribution >= 4 is 50.0 Å². The molecule has 1 aromatic heterocycles. The minimum Gasteiger partial charge on any atom is -0.358 e. The Bertz CT molecular complexity index is 991. The van der Waals surface area contributed by atoms with Crippen LogP contribution >= 0.6 is 23.2 Å². The number of aromatic nitrogens is 1. The zero-order valence-electron chi connectivity index (χ0n) is 13.3. The number of nitrogens with one attached hydrogen (secondary N) is 2. The third-order valence-corrected chi connectivity index (χ3v) is 6.22. The maximum Gasteiger partial charge on any atom is 0.453 e. The second-order valence-electron chi connectivity index (χ2n) is 6.03. The summed E-state index contributed by atoms with van der Waals surface area (Å²) in [5.41, 5.74) is 0.996. The van der Waals surface area contributed by atoms with Crippen LogP contribution in [0.4, 0.5) is 27.6 Å². The van der Waals surface area contributed by atoms with E-state index in [0.29, 0.717) is 16.5 Å². The van der Waals surface area contributed by atoms with Gasteiger partial charge in [0, 0.05) is 31.1 Å². The lowest BCUT2D eigenvalue weighted by Gasteiger charge is -2.30. The van der Waals surface area contributed by atoms with E-state index in [2.05, 4.69) is 9.71 Å². The van der Waals surface area contributed by atoms with E-state index in [1.54, 1.807) is 0 Å². The van der Waals surface area contributed by atoms with Crippen LogP contribution in [0.2, 0.25) is 10.0 Å². The number of benzene rings is 1. The van der Waals surface area contributed by atoms with Gasteiger partial charge in [0.15, 0.2) is 0 Å². The number of halogens is 7. The van der Waals surface area contributed by atoms with Gasteiger partial charge in [-0.15, -0.1) is 0 Å². The zero-order valence-corrected chi connectivity index (χ0v) is 15.6. The Labute approximate surface area is 160 Å². The summed E-state index contributed by atoms with van der Waals surface area (Å²) in [7, 11) is -4.13. The lowest BCUT2D eigenvalue weighted by atomic mass is 10.1. The molecule has 0 saturated carbocycles. The van der Waals surface area contributed by atoms with Crippen LogP contribution in [-0.4, -0.2) is 36.4 Å². The molecule has 1 aliphatic heterocycles. The quantitative estimate of drug-likeness (QED) is 0.647. The van der Waals surface area contributed by atoms with E-state index >= 15 is 0 Å². The van der Waals surface area contributed by atoms with Crippen molar-refractivity contribution in [1.82, 2.24) is 9.29 Å². The highest BCUT2D eigenvalue weighted by molar-refractivity contribution is 7.90. The first kappa shape index (κ1) is 20.4. The molecular weight excluding hydrogens is 440 g/mol. The molecule has 0 bridgehead atoms. The summed E-state index contributed by atoms with van der Waals surface area (Å²) in [6.07, 6.45) is -6.43. The number of nitrogens with zero attached hydrogens (tertiary/aromatic N) is 1. The summed E-state index contributed by atoms with van der Waals surface area (Å²) in [5, 5.41) is 0.950. The molecule has 27 heavy (non-hydrogen) atoms. The average molecular weight is 452 g/mol. The van der Waals surface area contributed by atoms with Gasteiger partial charge in [-0.3, -0.25) is 4.72 Å². The number of rotatable bonds is 4. The molecule has 0 fully saturated rings. The molecule has 2 heterocycles. The molecule has 0 radical (unpaired) electrons. The molecule has 0 unspecified atom stereocenters. The van der Waals surface area contributed by atoms with Gasteiger partial charge in [0.2, 0.25) is 0 Å². The topological polar surface area (TPSA) is 65.2 Å². The summed E-state index contributed by atoms with van der Waals surface area (Å²) >= 11 is 12.2. The number of fused-ring (bicyclic) bond motifs is 3. The van der Waals surface area contributed by atoms with Gasteiger partial charge in [-0.25, -0.2) is 0 Å². The first-order valence-electron chi connectivity index (χ1n) is 7.54. The van der Waals surface area contributed by atoms with Crippen LogP contribution in [0.25, 0.3) is 10.9 Å². The van der Waals surface area contributed by atoms with E-state index in [4.69, 9.17) is 23.2 Å². The monoisotopic (exact) mass is 451 g/mol. The number of H-pyrrole nitrogens is 1. The van der Waals surface area contributed by atoms with Crippen LogP contribution < -0.4 is 4.72 Å². The predicted octanol–water partition coefficient (Wildman–Crippen LogP) is 4.92. The molecule has 13 heteroatoms. The van der Waals surface area contributed by atoms with Gasteiger partial charge in [-0.1, -0.05) is 23.2 Å². The lowest BCUT2D eigenvalue weighted by molar-refractivity contribution is -0.284. The van der Waals surface area contributed by atoms with Gasteiger partial charge in [0.05, 0.1) is 21.2 Å². The summed E-state index contributed by atoms with van der Waals surface area (Å²) in [5.74, 6) is -4.88. The number of aromatic amines is 1. The molecule has 2 aromatic rings. The third kappa shape index (κ3) is 3.69. The van der Waals surface area contributed by atoms with Crippen molar-refractivity contribution in [3.8, 4) is 0 Å². The van der Waals surface area contributed by atoms with Crippen molar-refractivity contribution < 1.29 is 30.4 Å². The molecular formula is C14H12Cl2F5N3O2S. The number of anilines is 1. The summed E-state index contributed by atoms with van der Waals surface area (Å²) < 4.78 is 90.5. The van der Waals surface area contributed by atoms with Gasteiger partial charge in [0.25, 0.3) is 0 Å². The summed E-state index contributed by atoms with van der Waals surface area (Å²) in [6, 6.07) is 1.47. The van der Waals surface area contributed by atoms with Crippen LogP contribution in [0.5, 0.6) is 0 Å². The molecule has 0 aliphatic carbocycles. The van der Waals surface area contributed by atoms with E-state index in [9.17, 15) is 30.4 Å². The number of alkyl halides is 5. The zero-order chi connectivity index (χ0) is 20.2. The van der Waals surface area contributed by atoms with Crippen molar-refractivity contribution in [3.05, 3.63) is 27.9 Å². The van der Waals surface area contributed by atoms with Crippen LogP contribution in [-0.2, 0) is 16.8 Å². The fraction of sp³-hybridized carbons (Fsp3) is 0.429. The molecule has 2 N–H and O–H groups in total. The molecule has 0 amide bonds. The van der Waals surface area contributed by atoms with Gasteiger partial charge >= 0.3 is 22.3 Å². The smallest absolute Gasteiger partial charge is 0.358 e. The average Bonchev–Trinajstić information content (AvgIpc) is 2.90. The van der Waals surface area contributed by atoms with Gasteiger partial charge in [-0.2, -0.15) is 34.7 Å². The molecule has 5 nitrogen and oxygen atoms in total. The highest BCUT2D eigenvalue weighted by Gasteiger charge is 2.56. The largest absolute Gasteiger partial charge is 0.453 e. The van der Waals surface area contributed by atoms with Crippen molar-refractivity contribution in [1.29, 1.82) is 0 Å². The molecule has 3 rings (SSSR count). The minimum atomic E-state index is -5.68. The van der Waals surface area contributed by atoms with E-state index < -0.39 is 41.7 Å². The molecule has 0 atom stereocenters. The minimum absolute atomic E-state index is 0.207. The lowest BCUT2D eigenvalue weighted by Crippen LogP contribution is -2.41. The van der Waals surface area contributed by atoms with Gasteiger partial charge in [-0.05, 0) is 18.1 Å². The number of hydrogen-bond acceptors (Lipinski definition) is 2. The fourth-order valence-corrected chi connectivity index (χ4v) is 4.74. The van der Waals surface area contributed by atoms with E-state index in [0.717, 1.165) is 4.31 Å². The second kappa shape index (κ2) is 6.64. The predicted molar refractivity (Wildman–Crippen MR) is 91.5 cm³/mol. The summed E-state index contributed by atoms with van der Waals surface area (Å²) in [6.45, 7) is -0.740. The van der Waals surface area contributed by atoms with Gasteiger partial charge in [0.1, 0.15) is 0 Å². The molecule has 0 spiro atoms. The van der Waals surface area contributed by atoms with E-state index in [1.165, 1.54) is 12.3 Å². The SMILES string of the molecule is O=S1(=O)Nc2c(cc(Cl)c3c(Cl)c[nH]c23)CN1CCCC(F)(F)C(F)(F)F. The van der Waals surface area contributed by atoms with Gasteiger partial charge < -0.3 is 4.98 Å². The maximum atomic E-state index is 13.0. The Balaban J connectivity index is 1.83. The van der Waals surface area contributed by atoms with Crippen molar-refractivity contribution in [2.45, 2.75) is 31.5 Å². The summed E-state index contributed by atoms with van der Waals surface area (Å²) in [4.78, 5) is 2.80. The first-order valence-corrected chi connectivity index (χ1v) is 9.73. The van der Waals surface area contributed by atoms with E-state index in [-0.39, 0.29) is 22.3 Å². The molecule has 150 valence electrons. The Kier molecular flexibility index (Phi) is 5.03. The van der Waals surface area contributed by atoms with Crippen molar-refractivity contribution in [2.24, 2.45) is 0 Å². The van der Waals surface area contributed by atoms with Crippen LogP contribution in [0.15, 0.2) is 12.3 Å². The standard InChI is InChI=1S/C14H12Cl2F5N3O2S/c15-8-4-7-6-24(3-1-2-13(17,18)14(19,20)21)27(25,26)23-11(7)12-10(8)9(16)5-22-12/h4-5,22-23H,1-3,6H2. The Morgan fingerprint density at radius 2 is 1.81 bits per heavy atom. The Hall–Kier alpha value is -1.30. The van der Waals surface area contributed by atoms with E-state index in [1.807, 2.05) is 0 Å². The highest BCUT2D eigenvalue weighted by Crippen LogP contribution is 2.41. The highest BCUT2D eigenvalue weighted by atomic mass is 35.5. The van der Waals surface area contributed by atoms with Crippen LogP contribution in [0.1, 0.15) is 18.4 Å². The van der Waals surface area contributed by atoms with Crippen LogP contribution in [0, 0.1) is 0 Å². The molecule has 1 aromatic carbocycles. The Morgan fingerprint density at radius 3 is 2.44 bits per heavy atom. The Morgan fingerprint density at radius 1 is 1.15 bits per heavy atom. The molecule has 1 aliphatic rings. The second-order valence-corrected chi connectivity index (χ2v) is 8.51. The third-order valence-electron chi connectivity index (χ3n) is 4.17. The van der Waals surface area contributed by atoms with Crippen molar-refractivity contribution in [3.63, 3.8) is 0 Å². The van der Waals surface area contributed by atoms with Crippen molar-refractivity contribution in [2.75, 3.05) is 11.3 Å². The maximum absolute atomic E-state index is 13.0.